The zero-order valence-electron chi connectivity index (χ0n) is 14.4. The standard InChI is InChI=1S/C18H18N2O7/c1-27-15-8-7-13(20(25)26)9-12(15)10-14(18(23)24)19-17(22)16(21)11-5-3-2-4-6-11/h2-9,14,16,21H,10H2,1H3,(H,19,22)(H,23,24)/t14-,16+/m1/s1. The third-order valence-electron chi connectivity index (χ3n) is 3.88. The summed E-state index contributed by atoms with van der Waals surface area (Å²) in [6.07, 6.45) is -1.80. The van der Waals surface area contributed by atoms with Gasteiger partial charge in [-0.3, -0.25) is 14.9 Å². The fourth-order valence-electron chi connectivity index (χ4n) is 2.50. The Hall–Kier alpha value is -3.46. The number of hydrogen-bond donors (Lipinski definition) is 3. The number of hydrogen-bond acceptors (Lipinski definition) is 6. The Morgan fingerprint density at radius 2 is 1.89 bits per heavy atom. The van der Waals surface area contributed by atoms with Gasteiger partial charge in [-0.1, -0.05) is 30.3 Å². The zero-order valence-corrected chi connectivity index (χ0v) is 14.4. The molecule has 0 heterocycles. The number of carbonyl (C=O) groups is 2. The van der Waals surface area contributed by atoms with Crippen LogP contribution < -0.4 is 10.1 Å². The number of aliphatic hydroxyl groups is 1. The molecule has 2 aromatic carbocycles. The molecular formula is C18H18N2O7. The van der Waals surface area contributed by atoms with Gasteiger partial charge in [0.25, 0.3) is 11.6 Å². The second-order valence-corrected chi connectivity index (χ2v) is 5.67. The monoisotopic (exact) mass is 374 g/mol. The summed E-state index contributed by atoms with van der Waals surface area (Å²) in [6.45, 7) is 0. The molecule has 0 spiro atoms. The lowest BCUT2D eigenvalue weighted by atomic mass is 10.0. The van der Waals surface area contributed by atoms with Crippen LogP contribution in [0, 0.1) is 10.1 Å². The lowest BCUT2D eigenvalue weighted by Gasteiger charge is -2.18. The van der Waals surface area contributed by atoms with Crippen molar-refractivity contribution in [2.75, 3.05) is 7.11 Å². The highest BCUT2D eigenvalue weighted by Crippen LogP contribution is 2.25. The minimum atomic E-state index is -1.54. The number of rotatable bonds is 8. The van der Waals surface area contributed by atoms with Gasteiger partial charge in [0.2, 0.25) is 0 Å². The smallest absolute Gasteiger partial charge is 0.326 e. The molecule has 0 saturated heterocycles. The van der Waals surface area contributed by atoms with Gasteiger partial charge in [0.05, 0.1) is 12.0 Å². The van der Waals surface area contributed by atoms with Gasteiger partial charge in [-0.25, -0.2) is 4.79 Å². The van der Waals surface area contributed by atoms with Crippen molar-refractivity contribution < 1.29 is 29.5 Å². The highest BCUT2D eigenvalue weighted by molar-refractivity contribution is 5.87. The van der Waals surface area contributed by atoms with Crippen molar-refractivity contribution in [1.29, 1.82) is 0 Å². The Labute approximate surface area is 154 Å². The number of carboxylic acids is 1. The Kier molecular flexibility index (Phi) is 6.45. The topological polar surface area (TPSA) is 139 Å². The average molecular weight is 374 g/mol. The third-order valence-corrected chi connectivity index (χ3v) is 3.88. The quantitative estimate of drug-likeness (QED) is 0.469. The average Bonchev–Trinajstić information content (AvgIpc) is 2.67. The van der Waals surface area contributed by atoms with Crippen LogP contribution in [-0.2, 0) is 16.0 Å². The van der Waals surface area contributed by atoms with Crippen LogP contribution in [0.3, 0.4) is 0 Å². The predicted octanol–water partition coefficient (Wildman–Crippen LogP) is 1.45. The van der Waals surface area contributed by atoms with Crippen LogP contribution in [0.5, 0.6) is 5.75 Å². The van der Waals surface area contributed by atoms with Crippen molar-refractivity contribution in [3.63, 3.8) is 0 Å². The van der Waals surface area contributed by atoms with E-state index in [0.29, 0.717) is 5.56 Å². The molecule has 0 bridgehead atoms. The molecule has 0 saturated carbocycles. The number of ether oxygens (including phenoxy) is 1. The molecular weight excluding hydrogens is 356 g/mol. The van der Waals surface area contributed by atoms with E-state index in [1.165, 1.54) is 37.4 Å². The zero-order chi connectivity index (χ0) is 20.0. The lowest BCUT2D eigenvalue weighted by molar-refractivity contribution is -0.384. The van der Waals surface area contributed by atoms with Crippen LogP contribution in [0.15, 0.2) is 48.5 Å². The van der Waals surface area contributed by atoms with Gasteiger partial charge in [0, 0.05) is 24.1 Å². The van der Waals surface area contributed by atoms with Gasteiger partial charge in [-0.15, -0.1) is 0 Å². The number of nitro groups is 1. The van der Waals surface area contributed by atoms with Gasteiger partial charge in [-0.05, 0) is 11.6 Å². The van der Waals surface area contributed by atoms with Crippen molar-refractivity contribution >= 4 is 17.6 Å². The molecule has 0 radical (unpaired) electrons. The minimum absolute atomic E-state index is 0.231. The fraction of sp³-hybridized carbons (Fsp3) is 0.222. The summed E-state index contributed by atoms with van der Waals surface area (Å²) in [7, 11) is 1.35. The van der Waals surface area contributed by atoms with Crippen LogP contribution in [0.4, 0.5) is 5.69 Å². The first kappa shape index (κ1) is 19.9. The lowest BCUT2D eigenvalue weighted by Crippen LogP contribution is -2.44. The summed E-state index contributed by atoms with van der Waals surface area (Å²) in [6, 6.07) is 10.4. The number of nitrogens with one attached hydrogen (secondary N) is 1. The highest BCUT2D eigenvalue weighted by Gasteiger charge is 2.27. The summed E-state index contributed by atoms with van der Waals surface area (Å²) in [5, 5.41) is 32.7. The molecule has 2 rings (SSSR count). The van der Waals surface area contributed by atoms with Gasteiger partial charge in [-0.2, -0.15) is 0 Å². The molecule has 0 aliphatic carbocycles. The maximum atomic E-state index is 12.2. The molecule has 9 heteroatoms. The van der Waals surface area contributed by atoms with E-state index < -0.39 is 28.9 Å². The molecule has 142 valence electrons. The SMILES string of the molecule is COc1ccc([N+](=O)[O-])cc1C[C@@H](NC(=O)[C@@H](O)c1ccccc1)C(=O)O. The normalized spacial score (nSPS) is 12.7. The summed E-state index contributed by atoms with van der Waals surface area (Å²) in [5.74, 6) is -1.99. The number of nitrogens with zero attached hydrogens (tertiary/aromatic N) is 1. The number of amides is 1. The van der Waals surface area contributed by atoms with Gasteiger partial charge >= 0.3 is 5.97 Å². The van der Waals surface area contributed by atoms with E-state index in [9.17, 15) is 29.9 Å². The van der Waals surface area contributed by atoms with E-state index >= 15 is 0 Å². The largest absolute Gasteiger partial charge is 0.496 e. The van der Waals surface area contributed by atoms with Crippen LogP contribution in [-0.4, -0.2) is 40.2 Å². The van der Waals surface area contributed by atoms with Crippen LogP contribution in [0.25, 0.3) is 0 Å². The number of benzene rings is 2. The maximum absolute atomic E-state index is 12.2. The first-order chi connectivity index (χ1) is 12.8. The van der Waals surface area contributed by atoms with Gasteiger partial charge in [0.1, 0.15) is 11.8 Å². The molecule has 0 aromatic heterocycles. The highest BCUT2D eigenvalue weighted by atomic mass is 16.6. The van der Waals surface area contributed by atoms with Crippen molar-refractivity contribution in [1.82, 2.24) is 5.32 Å². The van der Waals surface area contributed by atoms with E-state index in [1.807, 2.05) is 0 Å². The first-order valence-electron chi connectivity index (χ1n) is 7.91. The molecule has 27 heavy (non-hydrogen) atoms. The van der Waals surface area contributed by atoms with Crippen molar-refractivity contribution in [2.24, 2.45) is 0 Å². The molecule has 1 amide bonds. The van der Waals surface area contributed by atoms with Crippen molar-refractivity contribution in [3.8, 4) is 5.75 Å². The number of methoxy groups -OCH3 is 1. The molecule has 2 aromatic rings. The number of aliphatic hydroxyl groups excluding tert-OH is 1. The van der Waals surface area contributed by atoms with E-state index in [2.05, 4.69) is 5.32 Å². The number of aliphatic carboxylic acids is 1. The second kappa shape index (κ2) is 8.77. The fourth-order valence-corrected chi connectivity index (χ4v) is 2.50. The van der Waals surface area contributed by atoms with E-state index in [0.717, 1.165) is 0 Å². The summed E-state index contributed by atoms with van der Waals surface area (Å²) in [4.78, 5) is 34.1. The Morgan fingerprint density at radius 3 is 2.44 bits per heavy atom. The Morgan fingerprint density at radius 1 is 1.22 bits per heavy atom. The molecule has 9 nitrogen and oxygen atoms in total. The maximum Gasteiger partial charge on any atom is 0.326 e. The number of non-ortho nitro benzene ring substituents is 1. The molecule has 0 aliphatic rings. The molecule has 0 unspecified atom stereocenters. The molecule has 2 atom stereocenters. The predicted molar refractivity (Wildman–Crippen MR) is 94.3 cm³/mol. The number of carbonyl (C=O) groups excluding carboxylic acids is 1. The van der Waals surface area contributed by atoms with Crippen molar-refractivity contribution in [3.05, 3.63) is 69.8 Å². The van der Waals surface area contributed by atoms with E-state index in [-0.39, 0.29) is 23.4 Å². The second-order valence-electron chi connectivity index (χ2n) is 5.67. The van der Waals surface area contributed by atoms with Crippen LogP contribution in [0.1, 0.15) is 17.2 Å². The molecule has 3 N–H and O–H groups in total. The third kappa shape index (κ3) is 5.02. The number of carboxylic acid groups (broad SMARTS) is 1. The summed E-state index contributed by atoms with van der Waals surface area (Å²) < 4.78 is 5.10. The number of nitro benzene ring substituents is 1. The molecule has 0 aliphatic heterocycles. The Balaban J connectivity index is 2.21. The van der Waals surface area contributed by atoms with Crippen LogP contribution in [0.2, 0.25) is 0 Å². The van der Waals surface area contributed by atoms with E-state index in [1.54, 1.807) is 18.2 Å². The van der Waals surface area contributed by atoms with E-state index in [4.69, 9.17) is 4.74 Å². The Bertz CT molecular complexity index is 839. The minimum Gasteiger partial charge on any atom is -0.496 e. The van der Waals surface area contributed by atoms with Crippen molar-refractivity contribution in [2.45, 2.75) is 18.6 Å². The summed E-state index contributed by atoms with van der Waals surface area (Å²) in [5.41, 5.74) is 0.325. The first-order valence-corrected chi connectivity index (χ1v) is 7.91. The van der Waals surface area contributed by atoms with Gasteiger partial charge < -0.3 is 20.3 Å². The van der Waals surface area contributed by atoms with Crippen LogP contribution >= 0.6 is 0 Å². The molecule has 0 fully saturated rings. The summed E-state index contributed by atoms with van der Waals surface area (Å²) >= 11 is 0. The van der Waals surface area contributed by atoms with Gasteiger partial charge in [0.15, 0.2) is 6.10 Å².